The van der Waals surface area contributed by atoms with E-state index in [4.69, 9.17) is 0 Å². The van der Waals surface area contributed by atoms with Crippen molar-refractivity contribution in [3.05, 3.63) is 29.6 Å². The van der Waals surface area contributed by atoms with Gasteiger partial charge in [-0.15, -0.1) is 0 Å². The molecule has 16 heavy (non-hydrogen) atoms. The van der Waals surface area contributed by atoms with Crippen molar-refractivity contribution in [1.82, 2.24) is 0 Å². The van der Waals surface area contributed by atoms with Crippen molar-refractivity contribution in [2.75, 3.05) is 24.0 Å². The number of anilines is 1. The summed E-state index contributed by atoms with van der Waals surface area (Å²) in [5, 5.41) is 0. The van der Waals surface area contributed by atoms with Gasteiger partial charge in [0.2, 0.25) is 0 Å². The Labute approximate surface area is 99.8 Å². The summed E-state index contributed by atoms with van der Waals surface area (Å²) < 4.78 is 13.0. The third-order valence-corrected chi connectivity index (χ3v) is 3.38. The zero-order valence-corrected chi connectivity index (χ0v) is 10.6. The fourth-order valence-electron chi connectivity index (χ4n) is 1.53. The second kappa shape index (κ2) is 5.89. The van der Waals surface area contributed by atoms with Crippen LogP contribution in [0.1, 0.15) is 17.3 Å². The van der Waals surface area contributed by atoms with Crippen LogP contribution in [0.25, 0.3) is 0 Å². The maximum Gasteiger partial charge on any atom is 0.152 e. The number of benzene rings is 1. The summed E-state index contributed by atoms with van der Waals surface area (Å²) in [6.07, 6.45) is 2.73. The number of carbonyl (C=O) groups excluding carboxylic acids is 1. The zero-order valence-electron chi connectivity index (χ0n) is 9.74. The standard InChI is InChI=1S/C12H16FNOS/c1-9(8-16-3)14(2)12-5-4-11(13)6-10(12)7-15/h4-7,9H,8H2,1-3H3. The summed E-state index contributed by atoms with van der Waals surface area (Å²) >= 11 is 1.75. The molecule has 4 heteroatoms. The number of thioether (sulfide) groups is 1. The van der Waals surface area contributed by atoms with E-state index in [1.807, 2.05) is 18.2 Å². The highest BCUT2D eigenvalue weighted by Crippen LogP contribution is 2.21. The fourth-order valence-corrected chi connectivity index (χ4v) is 2.24. The van der Waals surface area contributed by atoms with Crippen LogP contribution in [0.3, 0.4) is 0 Å². The number of halogens is 1. The highest BCUT2D eigenvalue weighted by Gasteiger charge is 2.13. The van der Waals surface area contributed by atoms with Crippen LogP contribution in [0.15, 0.2) is 18.2 Å². The quantitative estimate of drug-likeness (QED) is 0.739. The van der Waals surface area contributed by atoms with Gasteiger partial charge in [0.05, 0.1) is 0 Å². The Morgan fingerprint density at radius 2 is 2.25 bits per heavy atom. The lowest BCUT2D eigenvalue weighted by Gasteiger charge is -2.27. The van der Waals surface area contributed by atoms with E-state index < -0.39 is 0 Å². The Hall–Kier alpha value is -1.03. The summed E-state index contributed by atoms with van der Waals surface area (Å²) in [7, 11) is 1.92. The molecule has 0 aromatic heterocycles. The number of hydrogen-bond acceptors (Lipinski definition) is 3. The minimum Gasteiger partial charge on any atom is -0.370 e. The molecule has 0 N–H and O–H groups in total. The monoisotopic (exact) mass is 241 g/mol. The molecule has 2 nitrogen and oxygen atoms in total. The normalized spacial score (nSPS) is 12.2. The number of hydrogen-bond donors (Lipinski definition) is 0. The Morgan fingerprint density at radius 1 is 1.56 bits per heavy atom. The van der Waals surface area contributed by atoms with E-state index in [2.05, 4.69) is 6.92 Å². The van der Waals surface area contributed by atoms with Gasteiger partial charge < -0.3 is 4.90 Å². The van der Waals surface area contributed by atoms with Crippen molar-refractivity contribution in [1.29, 1.82) is 0 Å². The predicted octanol–water partition coefficient (Wildman–Crippen LogP) is 2.83. The maximum absolute atomic E-state index is 13.0. The average molecular weight is 241 g/mol. The molecule has 1 atom stereocenters. The number of carbonyl (C=O) groups is 1. The Kier molecular flexibility index (Phi) is 4.80. The number of aldehydes is 1. The molecule has 0 aliphatic heterocycles. The summed E-state index contributed by atoms with van der Waals surface area (Å²) in [6.45, 7) is 2.08. The Balaban J connectivity index is 2.98. The van der Waals surface area contributed by atoms with Crippen LogP contribution in [0, 0.1) is 5.82 Å². The third-order valence-electron chi connectivity index (χ3n) is 2.57. The van der Waals surface area contributed by atoms with E-state index in [9.17, 15) is 9.18 Å². The molecule has 0 saturated heterocycles. The average Bonchev–Trinajstić information content (AvgIpc) is 2.28. The second-order valence-corrected chi connectivity index (χ2v) is 4.65. The van der Waals surface area contributed by atoms with Gasteiger partial charge in [-0.05, 0) is 31.4 Å². The SMILES string of the molecule is CSCC(C)N(C)c1ccc(F)cc1C=O. The van der Waals surface area contributed by atoms with Crippen molar-refractivity contribution < 1.29 is 9.18 Å². The van der Waals surface area contributed by atoms with Crippen LogP contribution < -0.4 is 4.90 Å². The van der Waals surface area contributed by atoms with Gasteiger partial charge in [0, 0.05) is 30.1 Å². The smallest absolute Gasteiger partial charge is 0.152 e. The molecule has 1 aromatic rings. The second-order valence-electron chi connectivity index (χ2n) is 3.74. The molecule has 1 unspecified atom stereocenters. The summed E-state index contributed by atoms with van der Waals surface area (Å²) in [5.74, 6) is 0.586. The summed E-state index contributed by atoms with van der Waals surface area (Å²) in [5.41, 5.74) is 1.17. The van der Waals surface area contributed by atoms with E-state index in [-0.39, 0.29) is 5.82 Å². The molecule has 0 spiro atoms. The molecule has 0 amide bonds. The molecule has 0 saturated carbocycles. The molecular formula is C12H16FNOS. The first-order valence-electron chi connectivity index (χ1n) is 5.06. The third kappa shape index (κ3) is 2.98. The van der Waals surface area contributed by atoms with Gasteiger partial charge in [-0.3, -0.25) is 4.79 Å². The lowest BCUT2D eigenvalue weighted by atomic mass is 10.1. The lowest BCUT2D eigenvalue weighted by Crippen LogP contribution is -2.31. The fraction of sp³-hybridized carbons (Fsp3) is 0.417. The van der Waals surface area contributed by atoms with Gasteiger partial charge in [0.1, 0.15) is 5.82 Å². The zero-order chi connectivity index (χ0) is 12.1. The molecule has 0 fully saturated rings. The molecule has 0 bridgehead atoms. The van der Waals surface area contributed by atoms with Crippen molar-refractivity contribution >= 4 is 23.7 Å². The van der Waals surface area contributed by atoms with Gasteiger partial charge in [-0.2, -0.15) is 11.8 Å². The van der Waals surface area contributed by atoms with E-state index in [1.165, 1.54) is 12.1 Å². The van der Waals surface area contributed by atoms with E-state index in [1.54, 1.807) is 17.8 Å². The van der Waals surface area contributed by atoms with Crippen molar-refractivity contribution in [3.63, 3.8) is 0 Å². The first kappa shape index (κ1) is 13.0. The molecule has 0 heterocycles. The van der Waals surface area contributed by atoms with E-state index in [0.29, 0.717) is 17.9 Å². The predicted molar refractivity (Wildman–Crippen MR) is 68.0 cm³/mol. The van der Waals surface area contributed by atoms with Crippen LogP contribution in [0.5, 0.6) is 0 Å². The van der Waals surface area contributed by atoms with Crippen LogP contribution in [0.4, 0.5) is 10.1 Å². The summed E-state index contributed by atoms with van der Waals surface area (Å²) in [6, 6.07) is 4.60. The van der Waals surface area contributed by atoms with Crippen LogP contribution in [-0.2, 0) is 0 Å². The van der Waals surface area contributed by atoms with Crippen molar-refractivity contribution in [3.8, 4) is 0 Å². The molecule has 88 valence electrons. The minimum atomic E-state index is -0.378. The first-order valence-corrected chi connectivity index (χ1v) is 6.46. The molecule has 1 aromatic carbocycles. The van der Waals surface area contributed by atoms with Gasteiger partial charge >= 0.3 is 0 Å². The van der Waals surface area contributed by atoms with E-state index in [0.717, 1.165) is 11.4 Å². The van der Waals surface area contributed by atoms with Crippen LogP contribution in [-0.4, -0.2) is 31.4 Å². The molecule has 0 radical (unpaired) electrons. The lowest BCUT2D eigenvalue weighted by molar-refractivity contribution is 0.112. The van der Waals surface area contributed by atoms with Gasteiger partial charge in [0.15, 0.2) is 6.29 Å². The maximum atomic E-state index is 13.0. The summed E-state index contributed by atoms with van der Waals surface area (Å²) in [4.78, 5) is 12.9. The Morgan fingerprint density at radius 3 is 2.81 bits per heavy atom. The molecule has 1 rings (SSSR count). The highest BCUT2D eigenvalue weighted by atomic mass is 32.2. The van der Waals surface area contributed by atoms with Crippen LogP contribution in [0.2, 0.25) is 0 Å². The van der Waals surface area contributed by atoms with Gasteiger partial charge in [0.25, 0.3) is 0 Å². The molecule has 0 aliphatic carbocycles. The van der Waals surface area contributed by atoms with Gasteiger partial charge in [-0.1, -0.05) is 0 Å². The van der Waals surface area contributed by atoms with Gasteiger partial charge in [-0.25, -0.2) is 4.39 Å². The number of rotatable bonds is 5. The first-order chi connectivity index (χ1) is 7.60. The van der Waals surface area contributed by atoms with Crippen LogP contribution >= 0.6 is 11.8 Å². The highest BCUT2D eigenvalue weighted by molar-refractivity contribution is 7.98. The topological polar surface area (TPSA) is 20.3 Å². The minimum absolute atomic E-state index is 0.305. The number of nitrogens with zero attached hydrogens (tertiary/aromatic N) is 1. The largest absolute Gasteiger partial charge is 0.370 e. The molecular weight excluding hydrogens is 225 g/mol. The van der Waals surface area contributed by atoms with Crippen molar-refractivity contribution in [2.24, 2.45) is 0 Å². The molecule has 0 aliphatic rings. The van der Waals surface area contributed by atoms with Crippen molar-refractivity contribution in [2.45, 2.75) is 13.0 Å². The van der Waals surface area contributed by atoms with E-state index >= 15 is 0 Å². The Bertz CT molecular complexity index is 370.